The van der Waals surface area contributed by atoms with Crippen LogP contribution in [-0.2, 0) is 19.4 Å². The van der Waals surface area contributed by atoms with E-state index in [2.05, 4.69) is 5.32 Å². The van der Waals surface area contributed by atoms with Gasteiger partial charge in [-0.1, -0.05) is 43.5 Å². The summed E-state index contributed by atoms with van der Waals surface area (Å²) in [4.78, 5) is 37.7. The molecule has 7 nitrogen and oxygen atoms in total. The summed E-state index contributed by atoms with van der Waals surface area (Å²) in [5.41, 5.74) is 0.737. The van der Waals surface area contributed by atoms with Crippen LogP contribution in [0.1, 0.15) is 31.7 Å². The summed E-state index contributed by atoms with van der Waals surface area (Å²) < 4.78 is 23.8. The third kappa shape index (κ3) is 7.49. The van der Waals surface area contributed by atoms with Crippen molar-refractivity contribution < 1.29 is 22.8 Å². The van der Waals surface area contributed by atoms with Gasteiger partial charge in [0.25, 0.3) is 11.1 Å². The third-order valence-corrected chi connectivity index (χ3v) is 6.88. The van der Waals surface area contributed by atoms with Crippen molar-refractivity contribution in [1.29, 1.82) is 0 Å². The van der Waals surface area contributed by atoms with Crippen molar-refractivity contribution in [1.82, 2.24) is 10.2 Å². The molecule has 0 unspecified atom stereocenters. The lowest BCUT2D eigenvalue weighted by Gasteiger charge is -2.13. The number of nitrogens with zero attached hydrogens (tertiary/aromatic N) is 1. The van der Waals surface area contributed by atoms with Gasteiger partial charge < -0.3 is 5.32 Å². The van der Waals surface area contributed by atoms with Crippen LogP contribution in [0.25, 0.3) is 6.08 Å². The molecule has 1 aliphatic heterocycles. The predicted octanol–water partition coefficient (Wildman–Crippen LogP) is 3.10. The van der Waals surface area contributed by atoms with E-state index in [-0.39, 0.29) is 23.7 Å². The molecule has 1 heterocycles. The molecule has 29 heavy (non-hydrogen) atoms. The van der Waals surface area contributed by atoms with E-state index in [1.807, 2.05) is 6.92 Å². The second kappa shape index (κ2) is 10.8. The lowest BCUT2D eigenvalue weighted by Crippen LogP contribution is -2.39. The number of carbonyl (C=O) groups excluding carboxylic acids is 3. The van der Waals surface area contributed by atoms with Gasteiger partial charge in [-0.2, -0.15) is 0 Å². The number of nitrogens with one attached hydrogen (secondary N) is 1. The predicted molar refractivity (Wildman–Crippen MR) is 115 cm³/mol. The van der Waals surface area contributed by atoms with Crippen LogP contribution in [0.15, 0.2) is 29.2 Å². The minimum Gasteiger partial charge on any atom is -0.353 e. The van der Waals surface area contributed by atoms with Crippen LogP contribution in [0, 0.1) is 0 Å². The van der Waals surface area contributed by atoms with Gasteiger partial charge in [-0.3, -0.25) is 19.3 Å². The minimum absolute atomic E-state index is 0.00439. The SMILES string of the molecule is CCCCCS(=O)(=O)CC(=O)NCCN1C(=O)S/C(=C/c2ccc(Cl)cc2)C1=O. The Morgan fingerprint density at radius 3 is 2.55 bits per heavy atom. The molecule has 0 bridgehead atoms. The second-order valence-electron chi connectivity index (χ2n) is 6.53. The van der Waals surface area contributed by atoms with Gasteiger partial charge in [-0.05, 0) is 42.0 Å². The van der Waals surface area contributed by atoms with Crippen molar-refractivity contribution in [2.24, 2.45) is 0 Å². The Hall–Kier alpha value is -1.84. The van der Waals surface area contributed by atoms with Gasteiger partial charge in [-0.25, -0.2) is 8.42 Å². The molecule has 0 spiro atoms. The largest absolute Gasteiger partial charge is 0.353 e. The van der Waals surface area contributed by atoms with Crippen molar-refractivity contribution in [2.45, 2.75) is 26.2 Å². The fourth-order valence-corrected chi connectivity index (χ4v) is 4.89. The number of thioether (sulfide) groups is 1. The molecule has 1 aromatic carbocycles. The molecule has 0 radical (unpaired) electrons. The van der Waals surface area contributed by atoms with Crippen molar-refractivity contribution in [3.63, 3.8) is 0 Å². The van der Waals surface area contributed by atoms with Gasteiger partial charge in [0.05, 0.1) is 10.7 Å². The summed E-state index contributed by atoms with van der Waals surface area (Å²) in [5, 5.41) is 2.59. The summed E-state index contributed by atoms with van der Waals surface area (Å²) in [6.45, 7) is 1.94. The van der Waals surface area contributed by atoms with Gasteiger partial charge in [-0.15, -0.1) is 0 Å². The number of halogens is 1. The molecule has 2 rings (SSSR count). The second-order valence-corrected chi connectivity index (χ2v) is 10.1. The highest BCUT2D eigenvalue weighted by Gasteiger charge is 2.34. The van der Waals surface area contributed by atoms with Gasteiger partial charge >= 0.3 is 0 Å². The number of benzene rings is 1. The zero-order chi connectivity index (χ0) is 21.4. The Morgan fingerprint density at radius 2 is 1.90 bits per heavy atom. The highest BCUT2D eigenvalue weighted by atomic mass is 35.5. The van der Waals surface area contributed by atoms with Crippen molar-refractivity contribution in [3.8, 4) is 0 Å². The Bertz CT molecular complexity index is 898. The van der Waals surface area contributed by atoms with Crippen molar-refractivity contribution >= 4 is 56.3 Å². The summed E-state index contributed by atoms with van der Waals surface area (Å²) in [6.07, 6.45) is 3.82. The molecule has 1 aliphatic rings. The van der Waals surface area contributed by atoms with E-state index in [4.69, 9.17) is 11.6 Å². The molecular weight excluding hydrogens is 436 g/mol. The number of imide groups is 1. The molecule has 0 aromatic heterocycles. The van der Waals surface area contributed by atoms with Gasteiger partial charge in [0.2, 0.25) is 5.91 Å². The van der Waals surface area contributed by atoms with Crippen molar-refractivity contribution in [2.75, 3.05) is 24.6 Å². The fraction of sp³-hybridized carbons (Fsp3) is 0.421. The maximum absolute atomic E-state index is 12.4. The molecule has 1 saturated heterocycles. The summed E-state index contributed by atoms with van der Waals surface area (Å²) in [5.74, 6) is -1.69. The molecule has 1 aromatic rings. The van der Waals surface area contributed by atoms with Crippen LogP contribution >= 0.6 is 23.4 Å². The molecule has 0 atom stereocenters. The average molecular weight is 459 g/mol. The number of rotatable bonds is 10. The molecule has 0 saturated carbocycles. The molecular formula is C19H23ClN2O5S2. The van der Waals surface area contributed by atoms with E-state index in [0.717, 1.165) is 35.1 Å². The topological polar surface area (TPSA) is 101 Å². The van der Waals surface area contributed by atoms with E-state index in [0.29, 0.717) is 11.4 Å². The number of unbranched alkanes of at least 4 members (excludes halogenated alkanes) is 2. The molecule has 3 amide bonds. The Labute approximate surface area is 179 Å². The number of amides is 3. The summed E-state index contributed by atoms with van der Waals surface area (Å²) in [6, 6.07) is 6.84. The van der Waals surface area contributed by atoms with E-state index >= 15 is 0 Å². The van der Waals surface area contributed by atoms with Crippen LogP contribution in [0.4, 0.5) is 4.79 Å². The third-order valence-electron chi connectivity index (χ3n) is 4.11. The minimum atomic E-state index is -3.45. The number of hydrogen-bond acceptors (Lipinski definition) is 6. The van der Waals surface area contributed by atoms with E-state index in [9.17, 15) is 22.8 Å². The monoisotopic (exact) mass is 458 g/mol. The average Bonchev–Trinajstić information content (AvgIpc) is 2.90. The Balaban J connectivity index is 1.84. The van der Waals surface area contributed by atoms with Crippen LogP contribution in [0.2, 0.25) is 5.02 Å². The normalized spacial score (nSPS) is 15.9. The standard InChI is InChI=1S/C19H23ClN2O5S2/c1-2-3-4-11-29(26,27)13-17(23)21-9-10-22-18(24)16(28-19(22)25)12-14-5-7-15(20)8-6-14/h5-8,12H,2-4,9-11,13H2,1H3,(H,21,23)/b16-12+. The molecule has 158 valence electrons. The smallest absolute Gasteiger partial charge is 0.293 e. The number of sulfone groups is 1. The Morgan fingerprint density at radius 1 is 1.21 bits per heavy atom. The molecule has 1 N–H and O–H groups in total. The van der Waals surface area contributed by atoms with E-state index < -0.39 is 32.6 Å². The van der Waals surface area contributed by atoms with Crippen LogP contribution in [-0.4, -0.2) is 55.0 Å². The first-order chi connectivity index (χ1) is 13.7. The maximum atomic E-state index is 12.4. The maximum Gasteiger partial charge on any atom is 0.293 e. The highest BCUT2D eigenvalue weighted by molar-refractivity contribution is 8.18. The van der Waals surface area contributed by atoms with Crippen molar-refractivity contribution in [3.05, 3.63) is 39.8 Å². The van der Waals surface area contributed by atoms with Gasteiger partial charge in [0, 0.05) is 18.1 Å². The first-order valence-electron chi connectivity index (χ1n) is 9.20. The summed E-state index contributed by atoms with van der Waals surface area (Å²) >= 11 is 6.65. The van der Waals surface area contributed by atoms with Gasteiger partial charge in [0.1, 0.15) is 5.75 Å². The molecule has 0 aliphatic carbocycles. The zero-order valence-electron chi connectivity index (χ0n) is 16.0. The number of hydrogen-bond donors (Lipinski definition) is 1. The first-order valence-corrected chi connectivity index (χ1v) is 12.2. The van der Waals surface area contributed by atoms with Crippen LogP contribution in [0.5, 0.6) is 0 Å². The molecule has 10 heteroatoms. The van der Waals surface area contributed by atoms with E-state index in [1.54, 1.807) is 30.3 Å². The van der Waals surface area contributed by atoms with E-state index in [1.165, 1.54) is 0 Å². The van der Waals surface area contributed by atoms with Crippen LogP contribution < -0.4 is 5.32 Å². The fourth-order valence-electron chi connectivity index (χ4n) is 2.61. The molecule has 1 fully saturated rings. The summed E-state index contributed by atoms with van der Waals surface area (Å²) in [7, 11) is -3.45. The number of carbonyl (C=O) groups is 3. The van der Waals surface area contributed by atoms with Crippen LogP contribution in [0.3, 0.4) is 0 Å². The zero-order valence-corrected chi connectivity index (χ0v) is 18.4. The quantitative estimate of drug-likeness (QED) is 0.427. The Kier molecular flexibility index (Phi) is 8.73. The lowest BCUT2D eigenvalue weighted by molar-refractivity contribution is -0.123. The first kappa shape index (κ1) is 23.4. The van der Waals surface area contributed by atoms with Gasteiger partial charge in [0.15, 0.2) is 9.84 Å². The lowest BCUT2D eigenvalue weighted by atomic mass is 10.2. The highest BCUT2D eigenvalue weighted by Crippen LogP contribution is 2.32.